The number of esters is 1. The first kappa shape index (κ1) is 13.6. The predicted molar refractivity (Wildman–Crippen MR) is 83.5 cm³/mol. The molecule has 1 aliphatic carbocycles. The Labute approximate surface area is 125 Å². The van der Waals surface area contributed by atoms with E-state index in [-0.39, 0.29) is 5.97 Å². The van der Waals surface area contributed by atoms with Gasteiger partial charge in [0.25, 0.3) is 0 Å². The Bertz CT molecular complexity index is 644. The van der Waals surface area contributed by atoms with Crippen LogP contribution in [0.5, 0.6) is 0 Å². The second-order valence-corrected chi connectivity index (χ2v) is 5.41. The number of carbonyl (C=O) groups excluding carboxylic acids is 1. The Kier molecular flexibility index (Phi) is 3.87. The predicted octanol–water partition coefficient (Wildman–Crippen LogP) is 4.39. The van der Waals surface area contributed by atoms with E-state index in [2.05, 4.69) is 24.3 Å². The SMILES string of the molecule is CC(=O)O/C(=C\c1ccccc1)[C@@H]1C[C@@H]1c1ccccc1. The zero-order valence-electron chi connectivity index (χ0n) is 12.0. The van der Waals surface area contributed by atoms with Crippen molar-refractivity contribution in [1.29, 1.82) is 0 Å². The van der Waals surface area contributed by atoms with E-state index in [1.807, 2.05) is 42.5 Å². The highest BCUT2D eigenvalue weighted by atomic mass is 16.5. The van der Waals surface area contributed by atoms with Gasteiger partial charge in [0.1, 0.15) is 5.76 Å². The van der Waals surface area contributed by atoms with Crippen molar-refractivity contribution in [1.82, 2.24) is 0 Å². The molecule has 2 aromatic rings. The quantitative estimate of drug-likeness (QED) is 0.612. The molecule has 0 spiro atoms. The van der Waals surface area contributed by atoms with Gasteiger partial charge in [-0.1, -0.05) is 60.7 Å². The summed E-state index contributed by atoms with van der Waals surface area (Å²) in [5.74, 6) is 1.29. The Hall–Kier alpha value is -2.35. The van der Waals surface area contributed by atoms with Gasteiger partial charge in [-0.05, 0) is 29.5 Å². The third kappa shape index (κ3) is 3.40. The van der Waals surface area contributed by atoms with Crippen LogP contribution in [0.15, 0.2) is 66.4 Å². The molecule has 2 nitrogen and oxygen atoms in total. The van der Waals surface area contributed by atoms with E-state index in [0.717, 1.165) is 17.7 Å². The molecule has 106 valence electrons. The number of allylic oxidation sites excluding steroid dienone is 1. The molecule has 0 aromatic heterocycles. The fourth-order valence-electron chi connectivity index (χ4n) is 2.67. The monoisotopic (exact) mass is 278 g/mol. The number of ether oxygens (including phenoxy) is 1. The topological polar surface area (TPSA) is 26.3 Å². The maximum Gasteiger partial charge on any atom is 0.307 e. The van der Waals surface area contributed by atoms with Crippen LogP contribution in [0.4, 0.5) is 0 Å². The lowest BCUT2D eigenvalue weighted by Crippen LogP contribution is -2.01. The summed E-state index contributed by atoms with van der Waals surface area (Å²) in [5, 5.41) is 0. The van der Waals surface area contributed by atoms with Gasteiger partial charge in [-0.25, -0.2) is 0 Å². The van der Waals surface area contributed by atoms with Crippen molar-refractivity contribution in [2.24, 2.45) is 5.92 Å². The molecule has 0 bridgehead atoms. The number of hydrogen-bond donors (Lipinski definition) is 0. The maximum absolute atomic E-state index is 11.4. The average Bonchev–Trinajstić information content (AvgIpc) is 3.29. The summed E-state index contributed by atoms with van der Waals surface area (Å²) in [6.45, 7) is 1.46. The molecule has 0 heterocycles. The molecule has 0 radical (unpaired) electrons. The van der Waals surface area contributed by atoms with Gasteiger partial charge in [0.05, 0.1) is 0 Å². The number of carbonyl (C=O) groups is 1. The van der Waals surface area contributed by atoms with Crippen LogP contribution < -0.4 is 0 Å². The van der Waals surface area contributed by atoms with E-state index < -0.39 is 0 Å². The lowest BCUT2D eigenvalue weighted by Gasteiger charge is -2.07. The fourth-order valence-corrected chi connectivity index (χ4v) is 2.67. The Morgan fingerprint density at radius 3 is 2.29 bits per heavy atom. The van der Waals surface area contributed by atoms with Crippen LogP contribution in [-0.2, 0) is 9.53 Å². The number of hydrogen-bond acceptors (Lipinski definition) is 2. The van der Waals surface area contributed by atoms with Crippen LogP contribution in [-0.4, -0.2) is 5.97 Å². The van der Waals surface area contributed by atoms with Crippen LogP contribution in [0, 0.1) is 5.92 Å². The molecule has 0 unspecified atom stereocenters. The first-order valence-corrected chi connectivity index (χ1v) is 7.24. The molecule has 2 atom stereocenters. The Morgan fingerprint density at radius 1 is 1.05 bits per heavy atom. The molecule has 0 saturated heterocycles. The van der Waals surface area contributed by atoms with Crippen LogP contribution in [0.1, 0.15) is 30.4 Å². The standard InChI is InChI=1S/C19H18O2/c1-14(20)21-19(12-15-8-4-2-5-9-15)18-13-17(18)16-10-6-3-7-11-16/h2-12,17-18H,13H2,1H3/b19-12-/t17-,18-/m1/s1. The van der Waals surface area contributed by atoms with E-state index in [9.17, 15) is 4.79 Å². The van der Waals surface area contributed by atoms with Gasteiger partial charge < -0.3 is 4.74 Å². The summed E-state index contributed by atoms with van der Waals surface area (Å²) < 4.78 is 5.45. The van der Waals surface area contributed by atoms with Gasteiger partial charge in [0, 0.05) is 12.8 Å². The highest BCUT2D eigenvalue weighted by Crippen LogP contribution is 2.52. The number of benzene rings is 2. The lowest BCUT2D eigenvalue weighted by molar-refractivity contribution is -0.137. The summed E-state index contributed by atoms with van der Waals surface area (Å²) in [6.07, 6.45) is 3.02. The van der Waals surface area contributed by atoms with E-state index in [4.69, 9.17) is 4.74 Å². The highest BCUT2D eigenvalue weighted by molar-refractivity contribution is 5.69. The molecule has 1 aliphatic rings. The Balaban J connectivity index is 1.82. The molecule has 0 aliphatic heterocycles. The summed E-state index contributed by atoms with van der Waals surface area (Å²) in [5.41, 5.74) is 2.38. The Morgan fingerprint density at radius 2 is 1.67 bits per heavy atom. The third-order valence-electron chi connectivity index (χ3n) is 3.75. The molecule has 0 N–H and O–H groups in total. The molecular formula is C19H18O2. The van der Waals surface area contributed by atoms with Gasteiger partial charge in [0.15, 0.2) is 0 Å². The van der Waals surface area contributed by atoms with Crippen LogP contribution in [0.25, 0.3) is 6.08 Å². The second kappa shape index (κ2) is 5.96. The zero-order chi connectivity index (χ0) is 14.7. The average molecular weight is 278 g/mol. The zero-order valence-corrected chi connectivity index (χ0v) is 12.0. The second-order valence-electron chi connectivity index (χ2n) is 5.41. The first-order chi connectivity index (χ1) is 10.2. The third-order valence-corrected chi connectivity index (χ3v) is 3.75. The normalized spacial score (nSPS) is 20.9. The summed E-state index contributed by atoms with van der Waals surface area (Å²) in [4.78, 5) is 11.4. The summed E-state index contributed by atoms with van der Waals surface area (Å²) in [7, 11) is 0. The smallest absolute Gasteiger partial charge is 0.307 e. The van der Waals surface area contributed by atoms with Crippen LogP contribution in [0.2, 0.25) is 0 Å². The van der Waals surface area contributed by atoms with E-state index >= 15 is 0 Å². The van der Waals surface area contributed by atoms with Gasteiger partial charge in [-0.2, -0.15) is 0 Å². The van der Waals surface area contributed by atoms with E-state index in [0.29, 0.717) is 11.8 Å². The van der Waals surface area contributed by atoms with Crippen molar-refractivity contribution in [2.75, 3.05) is 0 Å². The van der Waals surface area contributed by atoms with Gasteiger partial charge in [-0.3, -0.25) is 4.79 Å². The summed E-state index contributed by atoms with van der Waals surface area (Å²) in [6, 6.07) is 20.4. The van der Waals surface area contributed by atoms with Crippen molar-refractivity contribution in [3.05, 3.63) is 77.5 Å². The van der Waals surface area contributed by atoms with E-state index in [1.54, 1.807) is 0 Å². The van der Waals surface area contributed by atoms with Crippen molar-refractivity contribution in [2.45, 2.75) is 19.3 Å². The van der Waals surface area contributed by atoms with Gasteiger partial charge >= 0.3 is 5.97 Å². The fraction of sp³-hybridized carbons (Fsp3) is 0.211. The van der Waals surface area contributed by atoms with Gasteiger partial charge in [0.2, 0.25) is 0 Å². The van der Waals surface area contributed by atoms with Crippen LogP contribution in [0.3, 0.4) is 0 Å². The largest absolute Gasteiger partial charge is 0.431 e. The highest BCUT2D eigenvalue weighted by Gasteiger charge is 2.42. The van der Waals surface area contributed by atoms with Crippen molar-refractivity contribution in [3.63, 3.8) is 0 Å². The maximum atomic E-state index is 11.4. The molecule has 2 aromatic carbocycles. The molecule has 0 amide bonds. The van der Waals surface area contributed by atoms with Crippen LogP contribution >= 0.6 is 0 Å². The molecule has 1 saturated carbocycles. The van der Waals surface area contributed by atoms with Crippen molar-refractivity contribution < 1.29 is 9.53 Å². The molecule has 3 rings (SSSR count). The molecule has 2 heteroatoms. The minimum absolute atomic E-state index is 0.254. The van der Waals surface area contributed by atoms with E-state index in [1.165, 1.54) is 12.5 Å². The lowest BCUT2D eigenvalue weighted by atomic mass is 10.1. The number of rotatable bonds is 4. The summed E-state index contributed by atoms with van der Waals surface area (Å²) >= 11 is 0. The minimum Gasteiger partial charge on any atom is -0.431 e. The minimum atomic E-state index is -0.254. The molecule has 1 fully saturated rings. The molecular weight excluding hydrogens is 260 g/mol. The van der Waals surface area contributed by atoms with Gasteiger partial charge in [-0.15, -0.1) is 0 Å². The first-order valence-electron chi connectivity index (χ1n) is 7.24. The van der Waals surface area contributed by atoms with Crippen molar-refractivity contribution >= 4 is 12.0 Å². The van der Waals surface area contributed by atoms with Crippen molar-refractivity contribution in [3.8, 4) is 0 Å². The molecule has 21 heavy (non-hydrogen) atoms.